The minimum absolute atomic E-state index is 0.609. The summed E-state index contributed by atoms with van der Waals surface area (Å²) in [6.07, 6.45) is 0. The van der Waals surface area contributed by atoms with Crippen molar-refractivity contribution in [1.29, 1.82) is 0 Å². The van der Waals surface area contributed by atoms with E-state index in [0.29, 0.717) is 11.8 Å². The average molecular weight is 232 g/mol. The first-order valence-corrected chi connectivity index (χ1v) is 6.63. The predicted octanol–water partition coefficient (Wildman–Crippen LogP) is 2.93. The highest BCUT2D eigenvalue weighted by molar-refractivity contribution is 7.18. The number of aryl methyl sites for hydroxylation is 1. The number of fused-ring (bicyclic) bond motifs is 1. The molecule has 2 heterocycles. The monoisotopic (exact) mass is 232 g/mol. The van der Waals surface area contributed by atoms with Crippen molar-refractivity contribution < 1.29 is 0 Å². The molecule has 0 radical (unpaired) electrons. The maximum Gasteiger partial charge on any atom is 0.0985 e. The summed E-state index contributed by atoms with van der Waals surface area (Å²) < 4.78 is 1.32. The number of hydrogen-bond acceptors (Lipinski definition) is 3. The Kier molecular flexibility index (Phi) is 2.45. The van der Waals surface area contributed by atoms with E-state index in [2.05, 4.69) is 37.4 Å². The molecule has 1 N–H and O–H groups in total. The van der Waals surface area contributed by atoms with Gasteiger partial charge < -0.3 is 5.32 Å². The summed E-state index contributed by atoms with van der Waals surface area (Å²) in [5.74, 6) is 1.32. The fourth-order valence-electron chi connectivity index (χ4n) is 2.35. The first kappa shape index (κ1) is 10.2. The van der Waals surface area contributed by atoms with E-state index in [9.17, 15) is 0 Å². The molecule has 1 fully saturated rings. The van der Waals surface area contributed by atoms with Crippen LogP contribution >= 0.6 is 11.3 Å². The number of nitrogens with one attached hydrogen (secondary N) is 1. The van der Waals surface area contributed by atoms with Gasteiger partial charge in [0.25, 0.3) is 0 Å². The maximum absolute atomic E-state index is 4.78. The maximum atomic E-state index is 4.78. The number of rotatable bonds is 1. The molecule has 0 saturated carbocycles. The molecule has 0 amide bonds. The first-order chi connectivity index (χ1) is 7.74. The van der Waals surface area contributed by atoms with E-state index in [1.807, 2.05) is 11.3 Å². The second-order valence-corrected chi connectivity index (χ2v) is 5.83. The highest BCUT2D eigenvalue weighted by atomic mass is 32.1. The van der Waals surface area contributed by atoms with Crippen molar-refractivity contribution in [2.75, 3.05) is 13.1 Å². The molecule has 0 spiro atoms. The van der Waals surface area contributed by atoms with Crippen molar-refractivity contribution in [2.45, 2.75) is 19.8 Å². The molecule has 1 aliphatic heterocycles. The Hall–Kier alpha value is -0.930. The molecule has 16 heavy (non-hydrogen) atoms. The molecular weight excluding hydrogens is 216 g/mol. The van der Waals surface area contributed by atoms with Gasteiger partial charge in [0.1, 0.15) is 0 Å². The van der Waals surface area contributed by atoms with Crippen LogP contribution in [-0.4, -0.2) is 18.1 Å². The SMILES string of the molecule is Cc1ccc2sc([C@@H]3CNC[C@H]3C)nc2c1. The lowest BCUT2D eigenvalue weighted by atomic mass is 9.99. The van der Waals surface area contributed by atoms with Gasteiger partial charge in [0.15, 0.2) is 0 Å². The normalized spacial score (nSPS) is 25.4. The summed E-state index contributed by atoms with van der Waals surface area (Å²) >= 11 is 1.86. The smallest absolute Gasteiger partial charge is 0.0985 e. The number of nitrogens with zero attached hydrogens (tertiary/aromatic N) is 1. The van der Waals surface area contributed by atoms with Gasteiger partial charge in [-0.3, -0.25) is 0 Å². The fourth-order valence-corrected chi connectivity index (χ4v) is 3.54. The Morgan fingerprint density at radius 2 is 2.25 bits per heavy atom. The zero-order valence-electron chi connectivity index (χ0n) is 9.66. The van der Waals surface area contributed by atoms with Gasteiger partial charge in [-0.15, -0.1) is 11.3 Å². The number of benzene rings is 1. The van der Waals surface area contributed by atoms with Crippen molar-refractivity contribution in [3.63, 3.8) is 0 Å². The quantitative estimate of drug-likeness (QED) is 0.817. The zero-order chi connectivity index (χ0) is 11.1. The summed E-state index contributed by atoms with van der Waals surface area (Å²) in [6, 6.07) is 6.54. The Bertz CT molecular complexity index is 518. The molecule has 1 aliphatic rings. The van der Waals surface area contributed by atoms with Gasteiger partial charge in [-0.05, 0) is 37.1 Å². The van der Waals surface area contributed by atoms with Crippen LogP contribution in [0.5, 0.6) is 0 Å². The van der Waals surface area contributed by atoms with Gasteiger partial charge in [0.05, 0.1) is 15.2 Å². The third-order valence-corrected chi connectivity index (χ3v) is 4.56. The average Bonchev–Trinajstić information content (AvgIpc) is 2.82. The van der Waals surface area contributed by atoms with Crippen LogP contribution in [0.2, 0.25) is 0 Å². The van der Waals surface area contributed by atoms with Gasteiger partial charge in [-0.2, -0.15) is 0 Å². The molecule has 2 aromatic rings. The Labute approximate surface area is 99.7 Å². The van der Waals surface area contributed by atoms with E-state index in [0.717, 1.165) is 13.1 Å². The summed E-state index contributed by atoms with van der Waals surface area (Å²) in [4.78, 5) is 4.78. The summed E-state index contributed by atoms with van der Waals surface area (Å²) in [6.45, 7) is 6.64. The highest BCUT2D eigenvalue weighted by Crippen LogP contribution is 2.33. The van der Waals surface area contributed by atoms with Crippen LogP contribution in [-0.2, 0) is 0 Å². The third-order valence-electron chi connectivity index (χ3n) is 3.39. The van der Waals surface area contributed by atoms with Gasteiger partial charge in [0.2, 0.25) is 0 Å². The molecule has 2 nitrogen and oxygen atoms in total. The molecule has 1 saturated heterocycles. The Morgan fingerprint density at radius 1 is 1.38 bits per heavy atom. The van der Waals surface area contributed by atoms with E-state index < -0.39 is 0 Å². The Balaban J connectivity index is 2.04. The number of aromatic nitrogens is 1. The van der Waals surface area contributed by atoms with E-state index >= 15 is 0 Å². The summed E-state index contributed by atoms with van der Waals surface area (Å²) in [5, 5.41) is 4.75. The topological polar surface area (TPSA) is 24.9 Å². The minimum Gasteiger partial charge on any atom is -0.316 e. The van der Waals surface area contributed by atoms with Crippen LogP contribution in [0.25, 0.3) is 10.2 Å². The van der Waals surface area contributed by atoms with Gasteiger partial charge in [0, 0.05) is 12.5 Å². The summed E-state index contributed by atoms with van der Waals surface area (Å²) in [7, 11) is 0. The molecule has 0 unspecified atom stereocenters. The third kappa shape index (κ3) is 1.64. The van der Waals surface area contributed by atoms with E-state index in [4.69, 9.17) is 4.98 Å². The van der Waals surface area contributed by atoms with Crippen LogP contribution in [0.1, 0.15) is 23.4 Å². The van der Waals surface area contributed by atoms with Crippen LogP contribution < -0.4 is 5.32 Å². The van der Waals surface area contributed by atoms with Crippen molar-refractivity contribution in [2.24, 2.45) is 5.92 Å². The van der Waals surface area contributed by atoms with E-state index in [-0.39, 0.29) is 0 Å². The largest absolute Gasteiger partial charge is 0.316 e. The first-order valence-electron chi connectivity index (χ1n) is 5.82. The second kappa shape index (κ2) is 3.82. The van der Waals surface area contributed by atoms with E-state index in [1.54, 1.807) is 0 Å². The molecule has 0 aliphatic carbocycles. The van der Waals surface area contributed by atoms with Crippen molar-refractivity contribution in [3.8, 4) is 0 Å². The lowest BCUT2D eigenvalue weighted by Gasteiger charge is -2.09. The number of thiazole rings is 1. The van der Waals surface area contributed by atoms with Gasteiger partial charge >= 0.3 is 0 Å². The molecule has 3 rings (SSSR count). The van der Waals surface area contributed by atoms with Crippen LogP contribution in [0.15, 0.2) is 18.2 Å². The summed E-state index contributed by atoms with van der Waals surface area (Å²) in [5.41, 5.74) is 2.46. The Morgan fingerprint density at radius 3 is 3.00 bits per heavy atom. The van der Waals surface area contributed by atoms with Gasteiger partial charge in [-0.1, -0.05) is 13.0 Å². The molecular formula is C13H16N2S. The lowest BCUT2D eigenvalue weighted by molar-refractivity contribution is 0.570. The molecule has 0 bridgehead atoms. The van der Waals surface area contributed by atoms with E-state index in [1.165, 1.54) is 20.8 Å². The molecule has 84 valence electrons. The second-order valence-electron chi connectivity index (χ2n) is 4.77. The molecule has 3 heteroatoms. The highest BCUT2D eigenvalue weighted by Gasteiger charge is 2.27. The standard InChI is InChI=1S/C13H16N2S/c1-8-3-4-12-11(5-8)15-13(16-12)10-7-14-6-9(10)2/h3-5,9-10,14H,6-7H2,1-2H3/t9-,10-/m1/s1. The van der Waals surface area contributed by atoms with Crippen LogP contribution in [0.3, 0.4) is 0 Å². The molecule has 1 aromatic heterocycles. The van der Waals surface area contributed by atoms with Gasteiger partial charge in [-0.25, -0.2) is 4.98 Å². The predicted molar refractivity (Wildman–Crippen MR) is 69.1 cm³/mol. The number of hydrogen-bond donors (Lipinski definition) is 1. The van der Waals surface area contributed by atoms with Crippen molar-refractivity contribution in [1.82, 2.24) is 10.3 Å². The molecule has 1 aromatic carbocycles. The van der Waals surface area contributed by atoms with Crippen molar-refractivity contribution >= 4 is 21.6 Å². The van der Waals surface area contributed by atoms with Crippen molar-refractivity contribution in [3.05, 3.63) is 28.8 Å². The van der Waals surface area contributed by atoms with Crippen LogP contribution in [0.4, 0.5) is 0 Å². The zero-order valence-corrected chi connectivity index (χ0v) is 10.5. The lowest BCUT2D eigenvalue weighted by Crippen LogP contribution is -2.07. The minimum atomic E-state index is 0.609. The molecule has 2 atom stereocenters. The van der Waals surface area contributed by atoms with Crippen LogP contribution in [0, 0.1) is 12.8 Å². The fraction of sp³-hybridized carbons (Fsp3) is 0.462.